The first-order valence-electron chi connectivity index (χ1n) is 9.53. The van der Waals surface area contributed by atoms with E-state index in [0.717, 1.165) is 44.2 Å². The number of nitrogens with zero attached hydrogens (tertiary/aromatic N) is 3. The van der Waals surface area contributed by atoms with Gasteiger partial charge in [0.05, 0.1) is 5.56 Å². The molecule has 2 fully saturated rings. The van der Waals surface area contributed by atoms with Gasteiger partial charge in [0.2, 0.25) is 5.88 Å². The van der Waals surface area contributed by atoms with Crippen LogP contribution >= 0.6 is 11.6 Å². The normalized spacial score (nSPS) is 18.2. The summed E-state index contributed by atoms with van der Waals surface area (Å²) in [4.78, 5) is 21.6. The number of pyridine rings is 1. The second-order valence-corrected chi connectivity index (χ2v) is 7.72. The first-order chi connectivity index (χ1) is 13.1. The van der Waals surface area contributed by atoms with Gasteiger partial charge in [0.1, 0.15) is 5.75 Å². The summed E-state index contributed by atoms with van der Waals surface area (Å²) in [6.45, 7) is 5.60. The summed E-state index contributed by atoms with van der Waals surface area (Å²) in [5, 5.41) is 0.703. The van der Waals surface area contributed by atoms with Crippen LogP contribution in [0.15, 0.2) is 36.5 Å². The molecule has 1 aliphatic carbocycles. The Morgan fingerprint density at radius 1 is 1.15 bits per heavy atom. The molecule has 142 valence electrons. The van der Waals surface area contributed by atoms with Crippen molar-refractivity contribution in [1.29, 1.82) is 0 Å². The average molecular weight is 386 g/mol. The highest BCUT2D eigenvalue weighted by atomic mass is 35.5. The van der Waals surface area contributed by atoms with Crippen molar-refractivity contribution in [1.82, 2.24) is 14.8 Å². The minimum Gasteiger partial charge on any atom is -0.439 e. The molecule has 1 aliphatic heterocycles. The number of rotatable bonds is 4. The van der Waals surface area contributed by atoms with Gasteiger partial charge in [-0.2, -0.15) is 0 Å². The van der Waals surface area contributed by atoms with Crippen molar-refractivity contribution in [3.8, 4) is 11.6 Å². The summed E-state index contributed by atoms with van der Waals surface area (Å²) >= 11 is 6.04. The van der Waals surface area contributed by atoms with Crippen molar-refractivity contribution >= 4 is 17.5 Å². The van der Waals surface area contributed by atoms with Gasteiger partial charge in [-0.1, -0.05) is 11.6 Å². The summed E-state index contributed by atoms with van der Waals surface area (Å²) < 4.78 is 5.76. The topological polar surface area (TPSA) is 45.7 Å². The molecule has 1 saturated heterocycles. The first kappa shape index (κ1) is 18.3. The Balaban J connectivity index is 1.39. The minimum absolute atomic E-state index is 0.0500. The number of hydrogen-bond donors (Lipinski definition) is 0. The molecule has 0 unspecified atom stereocenters. The van der Waals surface area contributed by atoms with E-state index in [9.17, 15) is 4.79 Å². The number of ether oxygens (including phenoxy) is 1. The van der Waals surface area contributed by atoms with Crippen LogP contribution in [0.2, 0.25) is 5.02 Å². The van der Waals surface area contributed by atoms with Gasteiger partial charge < -0.3 is 9.64 Å². The SMILES string of the molecule is Cc1cc(Oc2ccc(C(=O)N3CCCN(C4CC4)CC3)cn2)ccc1Cl. The Kier molecular flexibility index (Phi) is 5.32. The molecular formula is C21H24ClN3O2. The zero-order valence-electron chi connectivity index (χ0n) is 15.5. The molecule has 2 aliphatic rings. The highest BCUT2D eigenvalue weighted by molar-refractivity contribution is 6.31. The quantitative estimate of drug-likeness (QED) is 0.793. The van der Waals surface area contributed by atoms with Gasteiger partial charge in [-0.05, 0) is 56.0 Å². The van der Waals surface area contributed by atoms with Gasteiger partial charge in [0.25, 0.3) is 5.91 Å². The largest absolute Gasteiger partial charge is 0.439 e. The maximum Gasteiger partial charge on any atom is 0.255 e. The lowest BCUT2D eigenvalue weighted by atomic mass is 10.2. The minimum atomic E-state index is 0.0500. The number of halogens is 1. The fourth-order valence-electron chi connectivity index (χ4n) is 3.50. The molecule has 27 heavy (non-hydrogen) atoms. The fraction of sp³-hybridized carbons (Fsp3) is 0.429. The number of carbonyl (C=O) groups excluding carboxylic acids is 1. The zero-order chi connectivity index (χ0) is 18.8. The van der Waals surface area contributed by atoms with Gasteiger partial charge >= 0.3 is 0 Å². The molecular weight excluding hydrogens is 362 g/mol. The average Bonchev–Trinajstić information content (AvgIpc) is 3.51. The summed E-state index contributed by atoms with van der Waals surface area (Å²) in [5.74, 6) is 1.19. The molecule has 4 rings (SSSR count). The molecule has 1 amide bonds. The van der Waals surface area contributed by atoms with Crippen LogP contribution in [-0.4, -0.2) is 52.9 Å². The van der Waals surface area contributed by atoms with Gasteiger partial charge in [-0.25, -0.2) is 4.98 Å². The molecule has 0 radical (unpaired) electrons. The van der Waals surface area contributed by atoms with Crippen LogP contribution in [0.1, 0.15) is 35.2 Å². The molecule has 5 nitrogen and oxygen atoms in total. The van der Waals surface area contributed by atoms with Gasteiger partial charge in [-0.3, -0.25) is 9.69 Å². The first-order valence-corrected chi connectivity index (χ1v) is 9.91. The van der Waals surface area contributed by atoms with Crippen molar-refractivity contribution in [3.63, 3.8) is 0 Å². The number of aryl methyl sites for hydroxylation is 1. The van der Waals surface area contributed by atoms with Crippen molar-refractivity contribution in [2.24, 2.45) is 0 Å². The summed E-state index contributed by atoms with van der Waals surface area (Å²) in [6, 6.07) is 9.76. The smallest absolute Gasteiger partial charge is 0.255 e. The Labute approximate surface area is 164 Å². The molecule has 0 atom stereocenters. The molecule has 0 spiro atoms. The third-order valence-corrected chi connectivity index (χ3v) is 5.64. The predicted octanol–water partition coefficient (Wildman–Crippen LogP) is 4.15. The highest BCUT2D eigenvalue weighted by Crippen LogP contribution is 2.28. The highest BCUT2D eigenvalue weighted by Gasteiger charge is 2.31. The Hall–Kier alpha value is -2.11. The molecule has 6 heteroatoms. The van der Waals surface area contributed by atoms with Crippen molar-refractivity contribution < 1.29 is 9.53 Å². The monoisotopic (exact) mass is 385 g/mol. The number of benzene rings is 1. The van der Waals surface area contributed by atoms with Crippen molar-refractivity contribution in [2.45, 2.75) is 32.2 Å². The van der Waals surface area contributed by atoms with Crippen LogP contribution in [-0.2, 0) is 0 Å². The molecule has 1 aromatic heterocycles. The third kappa shape index (κ3) is 4.42. The molecule has 0 N–H and O–H groups in total. The number of carbonyl (C=O) groups is 1. The van der Waals surface area contributed by atoms with Crippen molar-refractivity contribution in [3.05, 3.63) is 52.7 Å². The standard InChI is InChI=1S/C21H24ClN3O2/c1-15-13-18(6-7-19(15)22)27-20-8-3-16(14-23-20)21(26)25-10-2-9-24(11-12-25)17-4-5-17/h3,6-8,13-14,17H,2,4-5,9-12H2,1H3. The maximum atomic E-state index is 12.8. The van der Waals surface area contributed by atoms with E-state index >= 15 is 0 Å². The summed E-state index contributed by atoms with van der Waals surface area (Å²) in [6.07, 6.45) is 5.26. The van der Waals surface area contributed by atoms with Crippen LogP contribution in [0.25, 0.3) is 0 Å². The predicted molar refractivity (Wildman–Crippen MR) is 106 cm³/mol. The van der Waals surface area contributed by atoms with Crippen LogP contribution < -0.4 is 4.74 Å². The van der Waals surface area contributed by atoms with E-state index in [1.54, 1.807) is 30.5 Å². The van der Waals surface area contributed by atoms with E-state index in [1.165, 1.54) is 12.8 Å². The Bertz CT molecular complexity index is 821. The fourth-order valence-corrected chi connectivity index (χ4v) is 3.61. The Morgan fingerprint density at radius 3 is 2.70 bits per heavy atom. The number of aromatic nitrogens is 1. The maximum absolute atomic E-state index is 12.8. The molecule has 0 bridgehead atoms. The van der Waals surface area contributed by atoms with E-state index < -0.39 is 0 Å². The van der Waals surface area contributed by atoms with Crippen LogP contribution in [0.4, 0.5) is 0 Å². The van der Waals surface area contributed by atoms with Gasteiger partial charge in [-0.15, -0.1) is 0 Å². The van der Waals surface area contributed by atoms with E-state index in [2.05, 4.69) is 9.88 Å². The Morgan fingerprint density at radius 2 is 2.00 bits per heavy atom. The lowest BCUT2D eigenvalue weighted by Crippen LogP contribution is -2.35. The lowest BCUT2D eigenvalue weighted by molar-refractivity contribution is 0.0760. The van der Waals surface area contributed by atoms with E-state index in [-0.39, 0.29) is 5.91 Å². The summed E-state index contributed by atoms with van der Waals surface area (Å²) in [7, 11) is 0. The summed E-state index contributed by atoms with van der Waals surface area (Å²) in [5.41, 5.74) is 1.55. The second kappa shape index (κ2) is 7.87. The number of amides is 1. The van der Waals surface area contributed by atoms with E-state index in [4.69, 9.17) is 16.3 Å². The van der Waals surface area contributed by atoms with Gasteiger partial charge in [0, 0.05) is 49.5 Å². The second-order valence-electron chi connectivity index (χ2n) is 7.31. The molecule has 1 aromatic carbocycles. The van der Waals surface area contributed by atoms with E-state index in [1.807, 2.05) is 17.9 Å². The van der Waals surface area contributed by atoms with Crippen LogP contribution in [0, 0.1) is 6.92 Å². The van der Waals surface area contributed by atoms with Crippen molar-refractivity contribution in [2.75, 3.05) is 26.2 Å². The van der Waals surface area contributed by atoms with Gasteiger partial charge in [0.15, 0.2) is 0 Å². The van der Waals surface area contributed by atoms with Crippen LogP contribution in [0.3, 0.4) is 0 Å². The van der Waals surface area contributed by atoms with E-state index in [0.29, 0.717) is 22.2 Å². The molecule has 2 aromatic rings. The van der Waals surface area contributed by atoms with Crippen LogP contribution in [0.5, 0.6) is 11.6 Å². The lowest BCUT2D eigenvalue weighted by Gasteiger charge is -2.21. The third-order valence-electron chi connectivity index (χ3n) is 5.22. The zero-order valence-corrected chi connectivity index (χ0v) is 16.3. The molecule has 1 saturated carbocycles. The molecule has 2 heterocycles. The number of hydrogen-bond acceptors (Lipinski definition) is 4.